The zero-order valence-electron chi connectivity index (χ0n) is 10.4. The molecule has 0 unspecified atom stereocenters. The summed E-state index contributed by atoms with van der Waals surface area (Å²) in [5, 5.41) is 0. The summed E-state index contributed by atoms with van der Waals surface area (Å²) < 4.78 is 0. The van der Waals surface area contributed by atoms with E-state index in [0.717, 1.165) is 22.6 Å². The van der Waals surface area contributed by atoms with E-state index >= 15 is 0 Å². The van der Waals surface area contributed by atoms with Crippen LogP contribution in [0, 0.1) is 0 Å². The fourth-order valence-corrected chi connectivity index (χ4v) is 1.84. The normalized spacial score (nSPS) is 9.68. The summed E-state index contributed by atoms with van der Waals surface area (Å²) in [6.07, 6.45) is 5.33. The van der Waals surface area contributed by atoms with Gasteiger partial charge in [-0.05, 0) is 36.4 Å². The molecule has 19 heavy (non-hydrogen) atoms. The maximum absolute atomic E-state index is 4.42. The van der Waals surface area contributed by atoms with Crippen LogP contribution in [0.4, 0.5) is 0 Å². The van der Waals surface area contributed by atoms with Gasteiger partial charge in [-0.15, -0.1) is 0 Å². The highest BCUT2D eigenvalue weighted by molar-refractivity contribution is 5.76. The van der Waals surface area contributed by atoms with Gasteiger partial charge in [0.15, 0.2) is 0 Å². The van der Waals surface area contributed by atoms with Crippen molar-refractivity contribution in [1.82, 2.24) is 21.1 Å². The smallest absolute Gasteiger partial charge is 0.0980 e. The van der Waals surface area contributed by atoms with Crippen molar-refractivity contribution in [2.24, 2.45) is 0 Å². The van der Waals surface area contributed by atoms with Crippen molar-refractivity contribution >= 4 is 0 Å². The van der Waals surface area contributed by atoms with Gasteiger partial charge in [0.2, 0.25) is 0 Å². The van der Waals surface area contributed by atoms with Gasteiger partial charge in [0.1, 0.15) is 0 Å². The lowest BCUT2D eigenvalue weighted by atomic mass is 10.1. The van der Waals surface area contributed by atoms with Crippen molar-refractivity contribution < 1.29 is 0 Å². The standard InChI is InChI=1S/C15H11N3.H3N/c1-3-9-16-13(7-1)12-6-5-11-18-15(12)14-8-2-4-10-17-14;/h1-11H;1H3. The van der Waals surface area contributed by atoms with Crippen molar-refractivity contribution in [1.29, 1.82) is 0 Å². The molecule has 4 nitrogen and oxygen atoms in total. The van der Waals surface area contributed by atoms with E-state index in [2.05, 4.69) is 15.0 Å². The molecule has 3 N–H and O–H groups in total. The minimum Gasteiger partial charge on any atom is -0.344 e. The first kappa shape index (κ1) is 12.9. The van der Waals surface area contributed by atoms with E-state index in [9.17, 15) is 0 Å². The third-order valence-electron chi connectivity index (χ3n) is 2.66. The highest BCUT2D eigenvalue weighted by atomic mass is 14.8. The zero-order chi connectivity index (χ0) is 12.2. The molecular weight excluding hydrogens is 236 g/mol. The lowest BCUT2D eigenvalue weighted by Crippen LogP contribution is -1.92. The van der Waals surface area contributed by atoms with E-state index in [0.29, 0.717) is 0 Å². The van der Waals surface area contributed by atoms with Gasteiger partial charge in [-0.3, -0.25) is 15.0 Å². The quantitative estimate of drug-likeness (QED) is 0.756. The van der Waals surface area contributed by atoms with Crippen LogP contribution in [-0.4, -0.2) is 15.0 Å². The van der Waals surface area contributed by atoms with Crippen molar-refractivity contribution in [3.05, 3.63) is 67.1 Å². The van der Waals surface area contributed by atoms with Crippen LogP contribution in [0.5, 0.6) is 0 Å². The van der Waals surface area contributed by atoms with Crippen molar-refractivity contribution in [3.63, 3.8) is 0 Å². The van der Waals surface area contributed by atoms with Crippen molar-refractivity contribution in [3.8, 4) is 22.6 Å². The average molecular weight is 250 g/mol. The molecule has 3 rings (SSSR count). The number of pyridine rings is 3. The molecule has 0 fully saturated rings. The van der Waals surface area contributed by atoms with Gasteiger partial charge in [0, 0.05) is 24.2 Å². The van der Waals surface area contributed by atoms with Crippen LogP contribution in [0.3, 0.4) is 0 Å². The lowest BCUT2D eigenvalue weighted by Gasteiger charge is -2.06. The maximum atomic E-state index is 4.42. The first-order valence-electron chi connectivity index (χ1n) is 5.73. The molecule has 0 bridgehead atoms. The summed E-state index contributed by atoms with van der Waals surface area (Å²) in [6.45, 7) is 0. The minimum absolute atomic E-state index is 0. The van der Waals surface area contributed by atoms with Crippen LogP contribution in [-0.2, 0) is 0 Å². The van der Waals surface area contributed by atoms with Gasteiger partial charge in [0.25, 0.3) is 0 Å². The van der Waals surface area contributed by atoms with E-state index in [4.69, 9.17) is 0 Å². The van der Waals surface area contributed by atoms with E-state index in [1.165, 1.54) is 0 Å². The number of hydrogen-bond donors (Lipinski definition) is 1. The second kappa shape index (κ2) is 5.84. The predicted molar refractivity (Wildman–Crippen MR) is 75.7 cm³/mol. The molecule has 0 aromatic carbocycles. The Labute approximate surface area is 111 Å². The highest BCUT2D eigenvalue weighted by Gasteiger charge is 2.09. The molecule has 0 amide bonds. The van der Waals surface area contributed by atoms with Crippen molar-refractivity contribution in [2.75, 3.05) is 0 Å². The molecule has 0 saturated heterocycles. The lowest BCUT2D eigenvalue weighted by molar-refractivity contribution is 1.23. The number of rotatable bonds is 2. The number of aromatic nitrogens is 3. The number of hydrogen-bond acceptors (Lipinski definition) is 4. The second-order valence-electron chi connectivity index (χ2n) is 3.83. The monoisotopic (exact) mass is 250 g/mol. The first-order valence-corrected chi connectivity index (χ1v) is 5.73. The summed E-state index contributed by atoms with van der Waals surface area (Å²) in [5.74, 6) is 0. The third-order valence-corrected chi connectivity index (χ3v) is 2.66. The Balaban J connectivity index is 0.00000133. The molecular formula is C15H14N4. The molecule has 4 heteroatoms. The predicted octanol–water partition coefficient (Wildman–Crippen LogP) is 3.37. The Hall–Kier alpha value is -2.59. The maximum Gasteiger partial charge on any atom is 0.0980 e. The summed E-state index contributed by atoms with van der Waals surface area (Å²) in [6, 6.07) is 15.6. The van der Waals surface area contributed by atoms with Crippen LogP contribution in [0.1, 0.15) is 0 Å². The summed E-state index contributed by atoms with van der Waals surface area (Å²) in [7, 11) is 0. The molecule has 0 saturated carbocycles. The Bertz CT molecular complexity index is 580. The molecule has 0 radical (unpaired) electrons. The second-order valence-corrected chi connectivity index (χ2v) is 3.83. The van der Waals surface area contributed by atoms with Crippen LogP contribution in [0.25, 0.3) is 22.6 Å². The van der Waals surface area contributed by atoms with Crippen molar-refractivity contribution in [2.45, 2.75) is 0 Å². The molecule has 0 aliphatic heterocycles. The van der Waals surface area contributed by atoms with E-state index in [1.54, 1.807) is 18.6 Å². The fraction of sp³-hybridized carbons (Fsp3) is 0. The molecule has 0 atom stereocenters. The molecule has 3 aromatic heterocycles. The molecule has 0 aliphatic carbocycles. The Morgan fingerprint density at radius 3 is 1.84 bits per heavy atom. The highest BCUT2D eigenvalue weighted by Crippen LogP contribution is 2.26. The van der Waals surface area contributed by atoms with Gasteiger partial charge in [-0.2, -0.15) is 0 Å². The van der Waals surface area contributed by atoms with Gasteiger partial charge < -0.3 is 6.15 Å². The van der Waals surface area contributed by atoms with E-state index < -0.39 is 0 Å². The SMILES string of the molecule is N.c1ccc(-c2cccnc2-c2ccccn2)nc1. The van der Waals surface area contributed by atoms with Crippen LogP contribution >= 0.6 is 0 Å². The fourth-order valence-electron chi connectivity index (χ4n) is 1.84. The summed E-state index contributed by atoms with van der Waals surface area (Å²) in [4.78, 5) is 13.1. The van der Waals surface area contributed by atoms with Crippen LogP contribution < -0.4 is 6.15 Å². The number of nitrogens with zero attached hydrogens (tertiary/aromatic N) is 3. The zero-order valence-corrected chi connectivity index (χ0v) is 10.4. The van der Waals surface area contributed by atoms with Gasteiger partial charge in [-0.25, -0.2) is 0 Å². The van der Waals surface area contributed by atoms with Gasteiger partial charge in [-0.1, -0.05) is 12.1 Å². The summed E-state index contributed by atoms with van der Waals surface area (Å²) >= 11 is 0. The first-order chi connectivity index (χ1) is 8.95. The van der Waals surface area contributed by atoms with Gasteiger partial charge in [0.05, 0.1) is 17.1 Å². The molecule has 0 spiro atoms. The topological polar surface area (TPSA) is 73.7 Å². The average Bonchev–Trinajstić information content (AvgIpc) is 2.49. The summed E-state index contributed by atoms with van der Waals surface area (Å²) in [5.41, 5.74) is 3.62. The van der Waals surface area contributed by atoms with Gasteiger partial charge >= 0.3 is 0 Å². The molecule has 94 valence electrons. The Kier molecular flexibility index (Phi) is 3.95. The molecule has 3 heterocycles. The molecule has 3 aromatic rings. The third kappa shape index (κ3) is 2.64. The van der Waals surface area contributed by atoms with E-state index in [-0.39, 0.29) is 6.15 Å². The Morgan fingerprint density at radius 1 is 0.579 bits per heavy atom. The van der Waals surface area contributed by atoms with E-state index in [1.807, 2.05) is 48.5 Å². The minimum atomic E-state index is 0. The van der Waals surface area contributed by atoms with Crippen LogP contribution in [0.2, 0.25) is 0 Å². The Morgan fingerprint density at radius 2 is 1.21 bits per heavy atom. The van der Waals surface area contributed by atoms with Crippen LogP contribution in [0.15, 0.2) is 67.1 Å². The largest absolute Gasteiger partial charge is 0.344 e. The molecule has 0 aliphatic rings.